The highest BCUT2D eigenvalue weighted by atomic mass is 16.5. The Morgan fingerprint density at radius 2 is 1.71 bits per heavy atom. The van der Waals surface area contributed by atoms with Gasteiger partial charge in [-0.2, -0.15) is 0 Å². The number of nitrogens with one attached hydrogen (secondary N) is 1. The quantitative estimate of drug-likeness (QED) is 0.709. The van der Waals surface area contributed by atoms with E-state index in [1.54, 1.807) is 6.92 Å². The third-order valence-corrected chi connectivity index (χ3v) is 5.41. The van der Waals surface area contributed by atoms with Crippen LogP contribution >= 0.6 is 0 Å². The van der Waals surface area contributed by atoms with E-state index in [9.17, 15) is 9.59 Å². The molecule has 0 aliphatic heterocycles. The molecule has 148 valence electrons. The van der Waals surface area contributed by atoms with Gasteiger partial charge in [0.1, 0.15) is 0 Å². The Morgan fingerprint density at radius 1 is 1.07 bits per heavy atom. The number of benzene rings is 2. The van der Waals surface area contributed by atoms with Crippen LogP contribution in [0.5, 0.6) is 0 Å². The number of amides is 1. The predicted octanol–water partition coefficient (Wildman–Crippen LogP) is 3.87. The number of hydrogen-bond donors (Lipinski definition) is 1. The molecule has 28 heavy (non-hydrogen) atoms. The van der Waals surface area contributed by atoms with Gasteiger partial charge in [0, 0.05) is 6.54 Å². The van der Waals surface area contributed by atoms with E-state index >= 15 is 0 Å². The normalized spacial score (nSPS) is 15.5. The van der Waals surface area contributed by atoms with Gasteiger partial charge in [-0.3, -0.25) is 9.59 Å². The van der Waals surface area contributed by atoms with Crippen LogP contribution in [0.25, 0.3) is 0 Å². The first kappa shape index (κ1) is 20.1. The Kier molecular flexibility index (Phi) is 6.18. The van der Waals surface area contributed by atoms with Crippen LogP contribution in [0.3, 0.4) is 0 Å². The van der Waals surface area contributed by atoms with Gasteiger partial charge in [-0.15, -0.1) is 0 Å². The largest absolute Gasteiger partial charge is 0.466 e. The van der Waals surface area contributed by atoms with Crippen LogP contribution in [0.4, 0.5) is 0 Å². The van der Waals surface area contributed by atoms with Crippen molar-refractivity contribution in [1.29, 1.82) is 0 Å². The number of rotatable bonds is 8. The van der Waals surface area contributed by atoms with Crippen molar-refractivity contribution in [3.8, 4) is 0 Å². The molecule has 0 spiro atoms. The van der Waals surface area contributed by atoms with E-state index in [0.717, 1.165) is 24.0 Å². The first-order chi connectivity index (χ1) is 13.4. The Labute approximate surface area is 167 Å². The van der Waals surface area contributed by atoms with Crippen molar-refractivity contribution in [2.24, 2.45) is 5.92 Å². The minimum absolute atomic E-state index is 0.0138. The molecule has 3 rings (SSSR count). The summed E-state index contributed by atoms with van der Waals surface area (Å²) in [4.78, 5) is 25.4. The van der Waals surface area contributed by atoms with Crippen molar-refractivity contribution in [2.45, 2.75) is 45.4 Å². The lowest BCUT2D eigenvalue weighted by Gasteiger charge is -2.20. The third-order valence-electron chi connectivity index (χ3n) is 5.41. The summed E-state index contributed by atoms with van der Waals surface area (Å²) < 4.78 is 5.24. The minimum atomic E-state index is -0.442. The SMILES string of the molecule is CCOC(=O)C(CNC(=O)C1(c2cc(C)cc(C)c2)CC1)Cc1ccccc1. The Bertz CT molecular complexity index is 820. The van der Waals surface area contributed by atoms with Gasteiger partial charge in [-0.25, -0.2) is 0 Å². The first-order valence-electron chi connectivity index (χ1n) is 10.0. The molecule has 1 saturated carbocycles. The van der Waals surface area contributed by atoms with Gasteiger partial charge in [-0.05, 0) is 51.2 Å². The van der Waals surface area contributed by atoms with Crippen LogP contribution < -0.4 is 5.32 Å². The summed E-state index contributed by atoms with van der Waals surface area (Å²) >= 11 is 0. The van der Waals surface area contributed by atoms with E-state index < -0.39 is 5.41 Å². The van der Waals surface area contributed by atoms with Crippen molar-refractivity contribution in [3.63, 3.8) is 0 Å². The molecule has 1 unspecified atom stereocenters. The summed E-state index contributed by atoms with van der Waals surface area (Å²) in [5, 5.41) is 3.04. The molecule has 1 N–H and O–H groups in total. The fraction of sp³-hybridized carbons (Fsp3) is 0.417. The molecule has 0 heterocycles. The zero-order valence-electron chi connectivity index (χ0n) is 17.0. The number of carbonyl (C=O) groups is 2. The zero-order valence-corrected chi connectivity index (χ0v) is 17.0. The molecule has 1 aliphatic rings. The standard InChI is InChI=1S/C24H29NO3/c1-4-28-22(26)20(15-19-8-6-5-7-9-19)16-25-23(27)24(10-11-24)21-13-17(2)12-18(3)14-21/h5-9,12-14,20H,4,10-11,15-16H2,1-3H3,(H,25,27). The summed E-state index contributed by atoms with van der Waals surface area (Å²) in [6.45, 7) is 6.54. The van der Waals surface area contributed by atoms with E-state index in [2.05, 4.69) is 37.4 Å². The second kappa shape index (κ2) is 8.59. The second-order valence-corrected chi connectivity index (χ2v) is 7.81. The van der Waals surface area contributed by atoms with Gasteiger partial charge >= 0.3 is 5.97 Å². The van der Waals surface area contributed by atoms with Crippen molar-refractivity contribution in [2.75, 3.05) is 13.2 Å². The van der Waals surface area contributed by atoms with Crippen LogP contribution in [-0.2, 0) is 26.2 Å². The minimum Gasteiger partial charge on any atom is -0.466 e. The van der Waals surface area contributed by atoms with E-state index in [4.69, 9.17) is 4.74 Å². The maximum absolute atomic E-state index is 13.0. The van der Waals surface area contributed by atoms with Crippen molar-refractivity contribution in [3.05, 3.63) is 70.8 Å². The number of aryl methyl sites for hydroxylation is 2. The van der Waals surface area contributed by atoms with Gasteiger partial charge in [0.2, 0.25) is 5.91 Å². The molecule has 4 nitrogen and oxygen atoms in total. The van der Waals surface area contributed by atoms with Crippen LogP contribution in [-0.4, -0.2) is 25.0 Å². The zero-order chi connectivity index (χ0) is 20.1. The van der Waals surface area contributed by atoms with Crippen molar-refractivity contribution >= 4 is 11.9 Å². The number of hydrogen-bond acceptors (Lipinski definition) is 3. The fourth-order valence-corrected chi connectivity index (χ4v) is 3.81. The summed E-state index contributed by atoms with van der Waals surface area (Å²) in [6, 6.07) is 16.2. The molecule has 0 bridgehead atoms. The van der Waals surface area contributed by atoms with Gasteiger partial charge in [-0.1, -0.05) is 59.7 Å². The first-order valence-corrected chi connectivity index (χ1v) is 10.0. The Hall–Kier alpha value is -2.62. The molecular formula is C24H29NO3. The van der Waals surface area contributed by atoms with Crippen LogP contribution in [0, 0.1) is 19.8 Å². The van der Waals surface area contributed by atoms with Crippen LogP contribution in [0.1, 0.15) is 42.0 Å². The van der Waals surface area contributed by atoms with E-state index in [0.29, 0.717) is 19.6 Å². The molecule has 2 aromatic carbocycles. The van der Waals surface area contributed by atoms with E-state index in [1.807, 2.05) is 30.3 Å². The molecule has 4 heteroatoms. The lowest BCUT2D eigenvalue weighted by atomic mass is 9.91. The molecular weight excluding hydrogens is 350 g/mol. The topological polar surface area (TPSA) is 55.4 Å². The summed E-state index contributed by atoms with van der Waals surface area (Å²) in [5.74, 6) is -0.635. The number of esters is 1. The Balaban J connectivity index is 1.70. The second-order valence-electron chi connectivity index (χ2n) is 7.81. The molecule has 0 radical (unpaired) electrons. The number of ether oxygens (including phenoxy) is 1. The lowest BCUT2D eigenvalue weighted by Crippen LogP contribution is -2.40. The molecule has 1 fully saturated rings. The molecule has 1 atom stereocenters. The summed E-state index contributed by atoms with van der Waals surface area (Å²) in [6.07, 6.45) is 2.26. The summed E-state index contributed by atoms with van der Waals surface area (Å²) in [7, 11) is 0. The highest BCUT2D eigenvalue weighted by Gasteiger charge is 2.51. The fourth-order valence-electron chi connectivity index (χ4n) is 3.81. The van der Waals surface area contributed by atoms with Crippen LogP contribution in [0.15, 0.2) is 48.5 Å². The van der Waals surface area contributed by atoms with Gasteiger partial charge in [0.05, 0.1) is 17.9 Å². The lowest BCUT2D eigenvalue weighted by molar-refractivity contribution is -0.147. The molecule has 0 saturated heterocycles. The molecule has 0 aromatic heterocycles. The smallest absolute Gasteiger partial charge is 0.311 e. The highest BCUT2D eigenvalue weighted by Crippen LogP contribution is 2.48. The third kappa shape index (κ3) is 4.61. The molecule has 1 aliphatic carbocycles. The molecule has 2 aromatic rings. The molecule has 1 amide bonds. The summed E-state index contributed by atoms with van der Waals surface area (Å²) in [5.41, 5.74) is 4.04. The van der Waals surface area contributed by atoms with E-state index in [1.165, 1.54) is 11.1 Å². The Morgan fingerprint density at radius 3 is 2.29 bits per heavy atom. The van der Waals surface area contributed by atoms with Crippen molar-refractivity contribution in [1.82, 2.24) is 5.32 Å². The van der Waals surface area contributed by atoms with Crippen LogP contribution in [0.2, 0.25) is 0 Å². The maximum Gasteiger partial charge on any atom is 0.311 e. The highest BCUT2D eigenvalue weighted by molar-refractivity contribution is 5.91. The maximum atomic E-state index is 13.0. The van der Waals surface area contributed by atoms with Gasteiger partial charge in [0.15, 0.2) is 0 Å². The predicted molar refractivity (Wildman–Crippen MR) is 110 cm³/mol. The van der Waals surface area contributed by atoms with Crippen molar-refractivity contribution < 1.29 is 14.3 Å². The average Bonchev–Trinajstić information content (AvgIpc) is 3.47. The van der Waals surface area contributed by atoms with E-state index in [-0.39, 0.29) is 17.8 Å². The average molecular weight is 380 g/mol. The number of carbonyl (C=O) groups excluding carboxylic acids is 2. The monoisotopic (exact) mass is 379 g/mol. The van der Waals surface area contributed by atoms with Gasteiger partial charge in [0.25, 0.3) is 0 Å². The van der Waals surface area contributed by atoms with Gasteiger partial charge < -0.3 is 10.1 Å².